The highest BCUT2D eigenvalue weighted by Crippen LogP contribution is 2.31. The molecule has 2 atom stereocenters. The number of carbonyl (C=O) groups is 1. The molecule has 1 rings (SSSR count). The van der Waals surface area contributed by atoms with Gasteiger partial charge in [0.1, 0.15) is 0 Å². The van der Waals surface area contributed by atoms with E-state index in [1.807, 2.05) is 24.3 Å². The molecule has 0 aliphatic heterocycles. The van der Waals surface area contributed by atoms with E-state index in [0.717, 1.165) is 12.0 Å². The SMILES string of the molecule is CCC(C)c1ccc(C(O)CC(C)(C)C(=O)O)cc1. The van der Waals surface area contributed by atoms with E-state index in [9.17, 15) is 9.90 Å². The van der Waals surface area contributed by atoms with Crippen molar-refractivity contribution in [3.8, 4) is 0 Å². The number of hydrogen-bond donors (Lipinski definition) is 2. The van der Waals surface area contributed by atoms with E-state index >= 15 is 0 Å². The normalized spacial score (nSPS) is 15.0. The molecule has 0 bridgehead atoms. The number of aliphatic hydroxyl groups is 1. The fourth-order valence-corrected chi connectivity index (χ4v) is 1.97. The topological polar surface area (TPSA) is 57.5 Å². The van der Waals surface area contributed by atoms with E-state index in [2.05, 4.69) is 13.8 Å². The summed E-state index contributed by atoms with van der Waals surface area (Å²) in [7, 11) is 0. The molecule has 2 unspecified atom stereocenters. The molecule has 0 radical (unpaired) electrons. The zero-order valence-electron chi connectivity index (χ0n) is 12.2. The van der Waals surface area contributed by atoms with Crippen molar-refractivity contribution in [3.63, 3.8) is 0 Å². The molecule has 0 saturated carbocycles. The smallest absolute Gasteiger partial charge is 0.309 e. The predicted octanol–water partition coefficient (Wildman–Crippen LogP) is 3.73. The summed E-state index contributed by atoms with van der Waals surface area (Å²) in [5.74, 6) is -0.385. The van der Waals surface area contributed by atoms with Crippen LogP contribution in [0.5, 0.6) is 0 Å². The maximum atomic E-state index is 11.1. The molecule has 0 aliphatic rings. The lowest BCUT2D eigenvalue weighted by atomic mass is 9.84. The number of aliphatic carboxylic acids is 1. The highest BCUT2D eigenvalue weighted by atomic mass is 16.4. The predicted molar refractivity (Wildman–Crippen MR) is 76.1 cm³/mol. The van der Waals surface area contributed by atoms with Crippen LogP contribution in [0.2, 0.25) is 0 Å². The monoisotopic (exact) mass is 264 g/mol. The van der Waals surface area contributed by atoms with Gasteiger partial charge in [-0.25, -0.2) is 0 Å². The number of aliphatic hydroxyl groups excluding tert-OH is 1. The Hall–Kier alpha value is -1.35. The Morgan fingerprint density at radius 1 is 1.21 bits per heavy atom. The van der Waals surface area contributed by atoms with Gasteiger partial charge in [0, 0.05) is 0 Å². The highest BCUT2D eigenvalue weighted by Gasteiger charge is 2.30. The van der Waals surface area contributed by atoms with E-state index < -0.39 is 17.5 Å². The quantitative estimate of drug-likeness (QED) is 0.823. The second-order valence-electron chi connectivity index (χ2n) is 5.88. The Labute approximate surface area is 115 Å². The zero-order chi connectivity index (χ0) is 14.6. The third-order valence-electron chi connectivity index (χ3n) is 3.79. The minimum Gasteiger partial charge on any atom is -0.481 e. The lowest BCUT2D eigenvalue weighted by Gasteiger charge is -2.23. The van der Waals surface area contributed by atoms with Gasteiger partial charge in [0.2, 0.25) is 0 Å². The fraction of sp³-hybridized carbons (Fsp3) is 0.562. The molecule has 0 heterocycles. The molecule has 0 amide bonds. The third kappa shape index (κ3) is 4.06. The fourth-order valence-electron chi connectivity index (χ4n) is 1.97. The molecule has 106 valence electrons. The summed E-state index contributed by atoms with van der Waals surface area (Å²) in [5.41, 5.74) is 1.10. The van der Waals surface area contributed by atoms with Gasteiger partial charge in [0.05, 0.1) is 11.5 Å². The first-order valence-corrected chi connectivity index (χ1v) is 6.79. The Bertz CT molecular complexity index is 420. The lowest BCUT2D eigenvalue weighted by Crippen LogP contribution is -2.26. The molecule has 1 aromatic rings. The number of carboxylic acid groups (broad SMARTS) is 1. The maximum absolute atomic E-state index is 11.1. The number of hydrogen-bond acceptors (Lipinski definition) is 2. The lowest BCUT2D eigenvalue weighted by molar-refractivity contribution is -0.148. The van der Waals surface area contributed by atoms with Gasteiger partial charge in [-0.15, -0.1) is 0 Å². The van der Waals surface area contributed by atoms with Gasteiger partial charge in [-0.05, 0) is 43.7 Å². The van der Waals surface area contributed by atoms with Crippen LogP contribution in [0.3, 0.4) is 0 Å². The van der Waals surface area contributed by atoms with Crippen LogP contribution in [0.4, 0.5) is 0 Å². The van der Waals surface area contributed by atoms with Crippen LogP contribution in [0.1, 0.15) is 63.7 Å². The molecule has 0 aliphatic carbocycles. The van der Waals surface area contributed by atoms with Crippen LogP contribution >= 0.6 is 0 Å². The summed E-state index contributed by atoms with van der Waals surface area (Å²) in [5, 5.41) is 19.2. The number of benzene rings is 1. The van der Waals surface area contributed by atoms with Crippen molar-refractivity contribution in [1.82, 2.24) is 0 Å². The van der Waals surface area contributed by atoms with Gasteiger partial charge in [0.15, 0.2) is 0 Å². The number of rotatable bonds is 6. The largest absolute Gasteiger partial charge is 0.481 e. The van der Waals surface area contributed by atoms with Gasteiger partial charge >= 0.3 is 5.97 Å². The molecule has 0 saturated heterocycles. The first kappa shape index (κ1) is 15.7. The standard InChI is InChI=1S/C16H24O3/c1-5-11(2)12-6-8-13(9-7-12)14(17)10-16(3,4)15(18)19/h6-9,11,14,17H,5,10H2,1-4H3,(H,18,19). The summed E-state index contributed by atoms with van der Waals surface area (Å²) in [6.45, 7) is 7.57. The van der Waals surface area contributed by atoms with Crippen molar-refractivity contribution >= 4 is 5.97 Å². The van der Waals surface area contributed by atoms with Crippen molar-refractivity contribution in [2.24, 2.45) is 5.41 Å². The first-order chi connectivity index (χ1) is 8.77. The summed E-state index contributed by atoms with van der Waals surface area (Å²) >= 11 is 0. The molecule has 3 nitrogen and oxygen atoms in total. The van der Waals surface area contributed by atoms with E-state index in [-0.39, 0.29) is 6.42 Å². The first-order valence-electron chi connectivity index (χ1n) is 6.79. The van der Waals surface area contributed by atoms with Crippen LogP contribution in [-0.2, 0) is 4.79 Å². The Balaban J connectivity index is 2.78. The van der Waals surface area contributed by atoms with Crippen molar-refractivity contribution in [2.75, 3.05) is 0 Å². The average Bonchev–Trinajstić information content (AvgIpc) is 2.37. The third-order valence-corrected chi connectivity index (χ3v) is 3.79. The second-order valence-corrected chi connectivity index (χ2v) is 5.88. The molecule has 0 aromatic heterocycles. The molecular formula is C16H24O3. The minimum absolute atomic E-state index is 0.213. The Morgan fingerprint density at radius 3 is 2.11 bits per heavy atom. The van der Waals surface area contributed by atoms with E-state index in [1.165, 1.54) is 5.56 Å². The van der Waals surface area contributed by atoms with Crippen LogP contribution in [0.25, 0.3) is 0 Å². The maximum Gasteiger partial charge on any atom is 0.309 e. The summed E-state index contributed by atoms with van der Waals surface area (Å²) < 4.78 is 0. The highest BCUT2D eigenvalue weighted by molar-refractivity contribution is 5.73. The van der Waals surface area contributed by atoms with Gasteiger partial charge in [0.25, 0.3) is 0 Å². The van der Waals surface area contributed by atoms with E-state index in [1.54, 1.807) is 13.8 Å². The summed E-state index contributed by atoms with van der Waals surface area (Å²) in [6.07, 6.45) is 0.552. The molecule has 19 heavy (non-hydrogen) atoms. The molecular weight excluding hydrogens is 240 g/mol. The van der Waals surface area contributed by atoms with Gasteiger partial charge in [-0.1, -0.05) is 38.1 Å². The van der Waals surface area contributed by atoms with Crippen molar-refractivity contribution in [1.29, 1.82) is 0 Å². The van der Waals surface area contributed by atoms with Crippen molar-refractivity contribution < 1.29 is 15.0 Å². The average molecular weight is 264 g/mol. The molecule has 2 N–H and O–H groups in total. The van der Waals surface area contributed by atoms with Crippen LogP contribution in [0.15, 0.2) is 24.3 Å². The summed E-state index contributed by atoms with van der Waals surface area (Å²) in [6, 6.07) is 7.81. The summed E-state index contributed by atoms with van der Waals surface area (Å²) in [4.78, 5) is 11.1. The van der Waals surface area contributed by atoms with Crippen molar-refractivity contribution in [2.45, 2.75) is 52.6 Å². The van der Waals surface area contributed by atoms with Crippen LogP contribution in [0, 0.1) is 5.41 Å². The van der Waals surface area contributed by atoms with Gasteiger partial charge in [-0.3, -0.25) is 4.79 Å². The minimum atomic E-state index is -0.922. The van der Waals surface area contributed by atoms with E-state index in [0.29, 0.717) is 5.92 Å². The van der Waals surface area contributed by atoms with E-state index in [4.69, 9.17) is 5.11 Å². The van der Waals surface area contributed by atoms with Crippen LogP contribution in [-0.4, -0.2) is 16.2 Å². The van der Waals surface area contributed by atoms with Gasteiger partial charge in [-0.2, -0.15) is 0 Å². The zero-order valence-corrected chi connectivity index (χ0v) is 12.2. The Morgan fingerprint density at radius 2 is 1.68 bits per heavy atom. The number of carboxylic acids is 1. The van der Waals surface area contributed by atoms with Gasteiger partial charge < -0.3 is 10.2 Å². The molecule has 1 aromatic carbocycles. The van der Waals surface area contributed by atoms with Crippen molar-refractivity contribution in [3.05, 3.63) is 35.4 Å². The molecule has 0 spiro atoms. The Kier molecular flexibility index (Phi) is 5.12. The molecule has 0 fully saturated rings. The van der Waals surface area contributed by atoms with Crippen LogP contribution < -0.4 is 0 Å². The second kappa shape index (κ2) is 6.20. The molecule has 3 heteroatoms.